The molecular formula is C13H14BrFN2O. The molecule has 0 N–H and O–H groups in total. The summed E-state index contributed by atoms with van der Waals surface area (Å²) in [4.78, 5) is 13.0. The maximum absolute atomic E-state index is 12.7. The van der Waals surface area contributed by atoms with E-state index in [0.717, 1.165) is 10.5 Å². The van der Waals surface area contributed by atoms with Gasteiger partial charge in [0.25, 0.3) is 5.91 Å². The molecule has 0 spiro atoms. The van der Waals surface area contributed by atoms with Gasteiger partial charge in [-0.1, -0.05) is 28.1 Å². The van der Waals surface area contributed by atoms with E-state index < -0.39 is 4.32 Å². The number of benzene rings is 1. The Morgan fingerprint density at radius 3 is 2.44 bits per heavy atom. The fourth-order valence-corrected chi connectivity index (χ4v) is 1.62. The van der Waals surface area contributed by atoms with Crippen LogP contribution in [0.4, 0.5) is 4.39 Å². The number of rotatable bonds is 4. The summed E-state index contributed by atoms with van der Waals surface area (Å²) in [7, 11) is 0. The smallest absolute Gasteiger partial charge is 0.251 e. The Morgan fingerprint density at radius 1 is 1.44 bits per heavy atom. The summed E-state index contributed by atoms with van der Waals surface area (Å²) in [6.07, 6.45) is 2.39. The molecule has 0 saturated carbocycles. The highest BCUT2D eigenvalue weighted by molar-refractivity contribution is 9.10. The molecule has 0 aliphatic carbocycles. The molecule has 0 atom stereocenters. The van der Waals surface area contributed by atoms with Crippen molar-refractivity contribution in [3.8, 4) is 6.19 Å². The van der Waals surface area contributed by atoms with Gasteiger partial charge in [0.15, 0.2) is 6.19 Å². The Labute approximate surface area is 114 Å². The van der Waals surface area contributed by atoms with E-state index in [1.807, 2.05) is 6.19 Å². The molecule has 18 heavy (non-hydrogen) atoms. The maximum atomic E-state index is 12.7. The van der Waals surface area contributed by atoms with Crippen LogP contribution in [0.25, 0.3) is 0 Å². The molecule has 0 aliphatic rings. The van der Waals surface area contributed by atoms with Gasteiger partial charge in [0.2, 0.25) is 0 Å². The molecule has 0 saturated heterocycles. The van der Waals surface area contributed by atoms with Gasteiger partial charge < -0.3 is 0 Å². The van der Waals surface area contributed by atoms with Crippen molar-refractivity contribution in [1.29, 1.82) is 5.26 Å². The van der Waals surface area contributed by atoms with Gasteiger partial charge >= 0.3 is 0 Å². The highest BCUT2D eigenvalue weighted by Gasteiger charge is 2.29. The van der Waals surface area contributed by atoms with Crippen molar-refractivity contribution < 1.29 is 9.18 Å². The van der Waals surface area contributed by atoms with Crippen LogP contribution in [0.5, 0.6) is 0 Å². The van der Waals surface area contributed by atoms with E-state index in [4.69, 9.17) is 5.26 Å². The number of nitrogens with zero attached hydrogens (tertiary/aromatic N) is 2. The van der Waals surface area contributed by atoms with Crippen molar-refractivity contribution in [2.24, 2.45) is 0 Å². The van der Waals surface area contributed by atoms with Crippen molar-refractivity contribution in [3.63, 3.8) is 0 Å². The topological polar surface area (TPSA) is 44.1 Å². The fourth-order valence-electron chi connectivity index (χ4n) is 1.41. The van der Waals surface area contributed by atoms with Crippen LogP contribution in [0.1, 0.15) is 19.4 Å². The average Bonchev–Trinajstić information content (AvgIpc) is 2.31. The van der Waals surface area contributed by atoms with Crippen LogP contribution >= 0.6 is 15.9 Å². The minimum absolute atomic E-state index is 0.285. The lowest BCUT2D eigenvalue weighted by atomic mass is 10.1. The predicted molar refractivity (Wildman–Crippen MR) is 70.4 cm³/mol. The fraction of sp³-hybridized carbons (Fsp3) is 0.385. The van der Waals surface area contributed by atoms with Crippen LogP contribution in [-0.2, 0) is 11.2 Å². The second-order valence-electron chi connectivity index (χ2n) is 4.41. The Balaban J connectivity index is 2.64. The van der Waals surface area contributed by atoms with E-state index in [1.165, 1.54) is 12.1 Å². The van der Waals surface area contributed by atoms with E-state index in [1.54, 1.807) is 26.0 Å². The van der Waals surface area contributed by atoms with Gasteiger partial charge in [-0.2, -0.15) is 5.26 Å². The Bertz CT molecular complexity index is 459. The third-order valence-corrected chi connectivity index (χ3v) is 2.75. The zero-order valence-corrected chi connectivity index (χ0v) is 11.9. The van der Waals surface area contributed by atoms with Crippen LogP contribution < -0.4 is 0 Å². The molecule has 1 aromatic carbocycles. The van der Waals surface area contributed by atoms with Crippen LogP contribution in [-0.4, -0.2) is 21.7 Å². The van der Waals surface area contributed by atoms with E-state index in [0.29, 0.717) is 6.42 Å². The first-order valence-electron chi connectivity index (χ1n) is 5.49. The Morgan fingerprint density at radius 2 is 2.00 bits per heavy atom. The van der Waals surface area contributed by atoms with Crippen LogP contribution in [0.15, 0.2) is 24.3 Å². The molecular weight excluding hydrogens is 299 g/mol. The highest BCUT2D eigenvalue weighted by Crippen LogP contribution is 2.19. The number of hydrogen-bond acceptors (Lipinski definition) is 2. The molecule has 3 nitrogen and oxygen atoms in total. The highest BCUT2D eigenvalue weighted by atomic mass is 79.9. The Hall–Kier alpha value is -1.41. The summed E-state index contributed by atoms with van der Waals surface area (Å²) in [5.41, 5.74) is 0.886. The summed E-state index contributed by atoms with van der Waals surface area (Å²) in [5, 5.41) is 8.96. The largest absolute Gasteiger partial charge is 0.272 e. The third kappa shape index (κ3) is 4.11. The first kappa shape index (κ1) is 14.7. The number of carbonyl (C=O) groups is 1. The minimum Gasteiger partial charge on any atom is -0.272 e. The van der Waals surface area contributed by atoms with Crippen LogP contribution in [0, 0.1) is 17.3 Å². The zero-order chi connectivity index (χ0) is 13.8. The lowest BCUT2D eigenvalue weighted by Crippen LogP contribution is -2.39. The van der Waals surface area contributed by atoms with Gasteiger partial charge in [0, 0.05) is 6.54 Å². The molecule has 5 heteroatoms. The molecule has 96 valence electrons. The van der Waals surface area contributed by atoms with E-state index in [2.05, 4.69) is 15.9 Å². The minimum atomic E-state index is -0.758. The summed E-state index contributed by atoms with van der Waals surface area (Å²) in [5.74, 6) is -0.583. The SMILES string of the molecule is CC(C)(Br)C(=O)N(C#N)CCc1ccc(F)cc1. The van der Waals surface area contributed by atoms with Gasteiger partial charge in [0.05, 0.1) is 4.32 Å². The summed E-state index contributed by atoms with van der Waals surface area (Å²) in [6, 6.07) is 6.02. The number of amides is 1. The van der Waals surface area contributed by atoms with Gasteiger partial charge in [-0.25, -0.2) is 9.29 Å². The normalized spacial score (nSPS) is 10.8. The monoisotopic (exact) mass is 312 g/mol. The molecule has 0 unspecified atom stereocenters. The number of hydrogen-bond donors (Lipinski definition) is 0. The standard InChI is InChI=1S/C13H14BrFN2O/c1-13(2,14)12(18)17(9-16)8-7-10-3-5-11(15)6-4-10/h3-6H,7-8H2,1-2H3. The zero-order valence-electron chi connectivity index (χ0n) is 10.3. The molecule has 0 fully saturated rings. The molecule has 1 rings (SSSR count). The lowest BCUT2D eigenvalue weighted by molar-refractivity contribution is -0.129. The number of halogens is 2. The van der Waals surface area contributed by atoms with Crippen molar-refractivity contribution in [3.05, 3.63) is 35.6 Å². The van der Waals surface area contributed by atoms with E-state index >= 15 is 0 Å². The predicted octanol–water partition coefficient (Wildman–Crippen LogP) is 2.85. The summed E-state index contributed by atoms with van der Waals surface area (Å²) in [6.45, 7) is 3.67. The Kier molecular flexibility index (Phi) is 4.85. The molecule has 0 heterocycles. The van der Waals surface area contributed by atoms with Crippen molar-refractivity contribution in [1.82, 2.24) is 4.90 Å². The van der Waals surface area contributed by atoms with Crippen LogP contribution in [0.2, 0.25) is 0 Å². The van der Waals surface area contributed by atoms with Gasteiger partial charge in [0.1, 0.15) is 5.82 Å². The molecule has 1 aromatic rings. The molecule has 0 aliphatic heterocycles. The van der Waals surface area contributed by atoms with Crippen molar-refractivity contribution in [2.45, 2.75) is 24.6 Å². The van der Waals surface area contributed by atoms with Crippen molar-refractivity contribution >= 4 is 21.8 Å². The maximum Gasteiger partial charge on any atom is 0.251 e. The molecule has 0 bridgehead atoms. The molecule has 1 amide bonds. The number of nitriles is 1. The van der Waals surface area contributed by atoms with Crippen molar-refractivity contribution in [2.75, 3.05) is 6.54 Å². The van der Waals surface area contributed by atoms with Gasteiger partial charge in [-0.3, -0.25) is 4.79 Å². The van der Waals surface area contributed by atoms with Crippen LogP contribution in [0.3, 0.4) is 0 Å². The average molecular weight is 313 g/mol. The molecule has 0 radical (unpaired) electrons. The van der Waals surface area contributed by atoms with E-state index in [-0.39, 0.29) is 18.3 Å². The summed E-state index contributed by atoms with van der Waals surface area (Å²) >= 11 is 3.23. The molecule has 0 aromatic heterocycles. The van der Waals surface area contributed by atoms with Gasteiger partial charge in [-0.15, -0.1) is 0 Å². The first-order valence-corrected chi connectivity index (χ1v) is 6.29. The second-order valence-corrected chi connectivity index (χ2v) is 6.39. The van der Waals surface area contributed by atoms with E-state index in [9.17, 15) is 9.18 Å². The second kappa shape index (κ2) is 5.96. The first-order chi connectivity index (χ1) is 8.34. The quantitative estimate of drug-likeness (QED) is 0.487. The number of carbonyl (C=O) groups excluding carboxylic acids is 1. The lowest BCUT2D eigenvalue weighted by Gasteiger charge is -2.21. The number of alkyl halides is 1. The third-order valence-electron chi connectivity index (χ3n) is 2.41. The summed E-state index contributed by atoms with van der Waals surface area (Å²) < 4.78 is 12.0. The van der Waals surface area contributed by atoms with Gasteiger partial charge in [-0.05, 0) is 38.0 Å².